The average Bonchev–Trinajstić information content (AvgIpc) is 3.37. The van der Waals surface area contributed by atoms with Gasteiger partial charge in [-0.05, 0) is 36.0 Å². The number of nitrogens with one attached hydrogen (secondary N) is 1. The fourth-order valence-electron chi connectivity index (χ4n) is 2.62. The molecular formula is C18H18N2O2. The number of rotatable bonds is 5. The van der Waals surface area contributed by atoms with Gasteiger partial charge in [0.15, 0.2) is 0 Å². The van der Waals surface area contributed by atoms with Crippen LogP contribution in [0, 0.1) is 5.92 Å². The second-order valence-corrected chi connectivity index (χ2v) is 5.60. The number of carbonyl (C=O) groups is 2. The van der Waals surface area contributed by atoms with Crippen LogP contribution in [-0.4, -0.2) is 17.9 Å². The van der Waals surface area contributed by atoms with Crippen LogP contribution in [0.3, 0.4) is 0 Å². The third-order valence-electron chi connectivity index (χ3n) is 3.94. The number of hydrogen-bond donors (Lipinski definition) is 2. The Morgan fingerprint density at radius 3 is 2.27 bits per heavy atom. The minimum atomic E-state index is -0.573. The first-order valence-corrected chi connectivity index (χ1v) is 7.41. The van der Waals surface area contributed by atoms with Crippen molar-refractivity contribution in [1.29, 1.82) is 0 Å². The zero-order valence-electron chi connectivity index (χ0n) is 12.2. The van der Waals surface area contributed by atoms with E-state index in [4.69, 9.17) is 5.73 Å². The zero-order chi connectivity index (χ0) is 15.5. The van der Waals surface area contributed by atoms with Crippen molar-refractivity contribution in [2.75, 3.05) is 0 Å². The lowest BCUT2D eigenvalue weighted by atomic mass is 9.99. The third-order valence-corrected chi connectivity index (χ3v) is 3.94. The van der Waals surface area contributed by atoms with Crippen molar-refractivity contribution < 1.29 is 9.59 Å². The van der Waals surface area contributed by atoms with Crippen molar-refractivity contribution in [3.63, 3.8) is 0 Å². The maximum absolute atomic E-state index is 12.6. The maximum atomic E-state index is 12.6. The van der Waals surface area contributed by atoms with Crippen molar-refractivity contribution in [3.8, 4) is 11.1 Å². The van der Waals surface area contributed by atoms with Gasteiger partial charge in [-0.15, -0.1) is 0 Å². The molecule has 0 spiro atoms. The van der Waals surface area contributed by atoms with Crippen LogP contribution < -0.4 is 11.1 Å². The lowest BCUT2D eigenvalue weighted by molar-refractivity contribution is -0.120. The van der Waals surface area contributed by atoms with Crippen molar-refractivity contribution in [2.45, 2.75) is 18.9 Å². The minimum Gasteiger partial charge on any atom is -0.368 e. The highest BCUT2D eigenvalue weighted by molar-refractivity contribution is 6.02. The van der Waals surface area contributed by atoms with Gasteiger partial charge in [0.05, 0.1) is 0 Å². The van der Waals surface area contributed by atoms with Gasteiger partial charge in [0.1, 0.15) is 6.04 Å². The predicted molar refractivity (Wildman–Crippen MR) is 85.1 cm³/mol. The Morgan fingerprint density at radius 1 is 1.00 bits per heavy atom. The molecule has 2 amide bonds. The van der Waals surface area contributed by atoms with Crippen LogP contribution in [0.1, 0.15) is 23.2 Å². The summed E-state index contributed by atoms with van der Waals surface area (Å²) in [5.41, 5.74) is 7.77. The van der Waals surface area contributed by atoms with E-state index in [-0.39, 0.29) is 11.8 Å². The summed E-state index contributed by atoms with van der Waals surface area (Å²) in [5, 5.41) is 2.79. The van der Waals surface area contributed by atoms with E-state index >= 15 is 0 Å². The van der Waals surface area contributed by atoms with Crippen LogP contribution in [0.15, 0.2) is 54.6 Å². The van der Waals surface area contributed by atoms with Gasteiger partial charge in [0.2, 0.25) is 5.91 Å². The summed E-state index contributed by atoms with van der Waals surface area (Å²) in [6, 6.07) is 16.5. The van der Waals surface area contributed by atoms with E-state index in [1.165, 1.54) is 0 Å². The first-order chi connectivity index (χ1) is 10.7. The molecular weight excluding hydrogens is 276 g/mol. The SMILES string of the molecule is NC(=O)[C@H](NC(=O)c1ccccc1-c1ccccc1)C1CC1. The van der Waals surface area contributed by atoms with Gasteiger partial charge in [0.25, 0.3) is 5.91 Å². The molecule has 112 valence electrons. The molecule has 4 heteroatoms. The standard InChI is InChI=1S/C18H18N2O2/c19-17(21)16(13-10-11-13)20-18(22)15-9-5-4-8-14(15)12-6-2-1-3-7-12/h1-9,13,16H,10-11H2,(H2,19,21)(H,20,22)/t16-/m1/s1. The highest BCUT2D eigenvalue weighted by atomic mass is 16.2. The second kappa shape index (κ2) is 6.02. The third kappa shape index (κ3) is 3.01. The van der Waals surface area contributed by atoms with Gasteiger partial charge in [-0.2, -0.15) is 0 Å². The first kappa shape index (κ1) is 14.3. The normalized spacial score (nSPS) is 15.1. The van der Waals surface area contributed by atoms with Crippen molar-refractivity contribution in [2.24, 2.45) is 11.7 Å². The molecule has 0 bridgehead atoms. The number of primary amides is 1. The zero-order valence-corrected chi connectivity index (χ0v) is 12.2. The van der Waals surface area contributed by atoms with E-state index < -0.39 is 11.9 Å². The van der Waals surface area contributed by atoms with Crippen molar-refractivity contribution >= 4 is 11.8 Å². The fourth-order valence-corrected chi connectivity index (χ4v) is 2.62. The smallest absolute Gasteiger partial charge is 0.252 e. The number of benzene rings is 2. The Hall–Kier alpha value is -2.62. The Kier molecular flexibility index (Phi) is 3.92. The molecule has 22 heavy (non-hydrogen) atoms. The monoisotopic (exact) mass is 294 g/mol. The van der Waals surface area contributed by atoms with E-state index in [0.717, 1.165) is 24.0 Å². The highest BCUT2D eigenvalue weighted by Crippen LogP contribution is 2.33. The van der Waals surface area contributed by atoms with Gasteiger partial charge in [-0.25, -0.2) is 0 Å². The van der Waals surface area contributed by atoms with E-state index in [9.17, 15) is 9.59 Å². The summed E-state index contributed by atoms with van der Waals surface area (Å²) < 4.78 is 0. The van der Waals surface area contributed by atoms with Gasteiger partial charge in [-0.3, -0.25) is 9.59 Å². The summed E-state index contributed by atoms with van der Waals surface area (Å²) in [4.78, 5) is 24.1. The maximum Gasteiger partial charge on any atom is 0.252 e. The van der Waals surface area contributed by atoms with Gasteiger partial charge >= 0.3 is 0 Å². The summed E-state index contributed by atoms with van der Waals surface area (Å²) in [5.74, 6) is -0.534. The summed E-state index contributed by atoms with van der Waals surface area (Å²) in [6.07, 6.45) is 1.88. The quantitative estimate of drug-likeness (QED) is 0.888. The first-order valence-electron chi connectivity index (χ1n) is 7.41. The lowest BCUT2D eigenvalue weighted by Crippen LogP contribution is -2.46. The van der Waals surface area contributed by atoms with Crippen LogP contribution in [0.25, 0.3) is 11.1 Å². The second-order valence-electron chi connectivity index (χ2n) is 5.60. The molecule has 3 rings (SSSR count). The molecule has 0 saturated heterocycles. The summed E-state index contributed by atoms with van der Waals surface area (Å²) in [7, 11) is 0. The minimum absolute atomic E-state index is 0.185. The Morgan fingerprint density at radius 2 is 1.64 bits per heavy atom. The molecule has 1 atom stereocenters. The van der Waals surface area contributed by atoms with Gasteiger partial charge in [0, 0.05) is 5.56 Å². The molecule has 0 radical (unpaired) electrons. The molecule has 0 aliphatic heterocycles. The molecule has 1 saturated carbocycles. The van der Waals surface area contributed by atoms with Crippen LogP contribution in [0.5, 0.6) is 0 Å². The summed E-state index contributed by atoms with van der Waals surface area (Å²) in [6.45, 7) is 0. The fraction of sp³-hybridized carbons (Fsp3) is 0.222. The average molecular weight is 294 g/mol. The molecule has 3 N–H and O–H groups in total. The van der Waals surface area contributed by atoms with Crippen LogP contribution in [-0.2, 0) is 4.79 Å². The predicted octanol–water partition coefficient (Wildman–Crippen LogP) is 2.35. The van der Waals surface area contributed by atoms with Crippen molar-refractivity contribution in [3.05, 3.63) is 60.2 Å². The Bertz CT molecular complexity index is 693. The van der Waals surface area contributed by atoms with Gasteiger partial charge in [-0.1, -0.05) is 48.5 Å². The number of amides is 2. The topological polar surface area (TPSA) is 72.2 Å². The molecule has 1 aliphatic rings. The lowest BCUT2D eigenvalue weighted by Gasteiger charge is -2.16. The molecule has 4 nitrogen and oxygen atoms in total. The largest absolute Gasteiger partial charge is 0.368 e. The molecule has 0 unspecified atom stereocenters. The number of nitrogens with two attached hydrogens (primary N) is 1. The molecule has 2 aromatic rings. The molecule has 1 aliphatic carbocycles. The van der Waals surface area contributed by atoms with E-state index in [1.807, 2.05) is 48.5 Å². The van der Waals surface area contributed by atoms with E-state index in [0.29, 0.717) is 5.56 Å². The van der Waals surface area contributed by atoms with Crippen molar-refractivity contribution in [1.82, 2.24) is 5.32 Å². The molecule has 2 aromatic carbocycles. The van der Waals surface area contributed by atoms with Crippen LogP contribution >= 0.6 is 0 Å². The van der Waals surface area contributed by atoms with Crippen LogP contribution in [0.4, 0.5) is 0 Å². The van der Waals surface area contributed by atoms with Gasteiger partial charge < -0.3 is 11.1 Å². The van der Waals surface area contributed by atoms with E-state index in [2.05, 4.69) is 5.32 Å². The Labute approximate surface area is 129 Å². The number of carbonyl (C=O) groups excluding carboxylic acids is 2. The molecule has 0 heterocycles. The Balaban J connectivity index is 1.88. The molecule has 0 aromatic heterocycles. The van der Waals surface area contributed by atoms with E-state index in [1.54, 1.807) is 6.07 Å². The summed E-state index contributed by atoms with van der Waals surface area (Å²) >= 11 is 0. The highest BCUT2D eigenvalue weighted by Gasteiger charge is 2.36. The number of hydrogen-bond acceptors (Lipinski definition) is 2. The molecule has 1 fully saturated rings. The van der Waals surface area contributed by atoms with Crippen LogP contribution in [0.2, 0.25) is 0 Å².